The van der Waals surface area contributed by atoms with E-state index < -0.39 is 30.0 Å². The lowest BCUT2D eigenvalue weighted by molar-refractivity contribution is -0.274. The molecule has 2 rings (SSSR count). The fourth-order valence-corrected chi connectivity index (χ4v) is 2.16. The summed E-state index contributed by atoms with van der Waals surface area (Å²) >= 11 is 0. The van der Waals surface area contributed by atoms with E-state index in [0.717, 1.165) is 12.1 Å². The summed E-state index contributed by atoms with van der Waals surface area (Å²) in [7, 11) is 0. The molecule has 0 aliphatic carbocycles. The monoisotopic (exact) mass is 344 g/mol. The molecule has 1 amide bonds. The topological polar surface area (TPSA) is 91.4 Å². The highest BCUT2D eigenvalue weighted by molar-refractivity contribution is 5.99. The maximum absolute atomic E-state index is 12.2. The maximum atomic E-state index is 12.2. The molecule has 1 heterocycles. The number of benzene rings is 1. The first-order chi connectivity index (χ1) is 11.1. The number of aromatic nitrogens is 1. The van der Waals surface area contributed by atoms with Crippen molar-refractivity contribution >= 4 is 22.8 Å². The van der Waals surface area contributed by atoms with Crippen LogP contribution >= 0.6 is 0 Å². The molecule has 1 aromatic heterocycles. The molecule has 0 saturated heterocycles. The predicted octanol–water partition coefficient (Wildman–Crippen LogP) is 2.91. The van der Waals surface area contributed by atoms with Crippen LogP contribution in [-0.2, 0) is 4.79 Å². The number of halogens is 3. The number of aliphatic carboxylic acids is 1. The van der Waals surface area contributed by atoms with Crippen LogP contribution in [0.2, 0.25) is 0 Å². The van der Waals surface area contributed by atoms with E-state index in [9.17, 15) is 22.8 Å². The van der Waals surface area contributed by atoms with Gasteiger partial charge in [-0.2, -0.15) is 0 Å². The van der Waals surface area contributed by atoms with Gasteiger partial charge in [0.15, 0.2) is 0 Å². The zero-order valence-electron chi connectivity index (χ0n) is 12.8. The number of hydrogen-bond acceptors (Lipinski definition) is 3. The number of hydrogen-bond donors (Lipinski definition) is 3. The van der Waals surface area contributed by atoms with Gasteiger partial charge in [-0.1, -0.05) is 13.8 Å². The van der Waals surface area contributed by atoms with Gasteiger partial charge in [0.1, 0.15) is 17.5 Å². The van der Waals surface area contributed by atoms with Crippen molar-refractivity contribution in [2.24, 2.45) is 5.92 Å². The Bertz CT molecular complexity index is 768. The number of fused-ring (bicyclic) bond motifs is 1. The van der Waals surface area contributed by atoms with Crippen LogP contribution in [0.25, 0.3) is 10.9 Å². The summed E-state index contributed by atoms with van der Waals surface area (Å²) in [5, 5.41) is 11.9. The minimum atomic E-state index is -4.81. The van der Waals surface area contributed by atoms with E-state index in [1.165, 1.54) is 12.1 Å². The third-order valence-electron chi connectivity index (χ3n) is 3.29. The Morgan fingerprint density at radius 3 is 2.46 bits per heavy atom. The van der Waals surface area contributed by atoms with Gasteiger partial charge in [-0.25, -0.2) is 4.79 Å². The van der Waals surface area contributed by atoms with Crippen LogP contribution < -0.4 is 10.1 Å². The fourth-order valence-electron chi connectivity index (χ4n) is 2.16. The Balaban J connectivity index is 2.23. The standard InChI is InChI=1S/C15H15F3N2O4/c1-7(2)12(14(22)23)20-13(21)11-5-8-3-4-9(6-10(8)19-11)24-15(16,17)18/h3-7,12,19H,1-2H3,(H,20,21)(H,22,23)/t12-/m1/s1. The first-order valence-corrected chi connectivity index (χ1v) is 6.99. The van der Waals surface area contributed by atoms with Crippen LogP contribution in [0.15, 0.2) is 24.3 Å². The third kappa shape index (κ3) is 4.18. The van der Waals surface area contributed by atoms with Gasteiger partial charge in [-0.3, -0.25) is 4.79 Å². The highest BCUT2D eigenvalue weighted by Crippen LogP contribution is 2.26. The summed E-state index contributed by atoms with van der Waals surface area (Å²) in [6.07, 6.45) is -4.81. The highest BCUT2D eigenvalue weighted by atomic mass is 19.4. The molecule has 24 heavy (non-hydrogen) atoms. The van der Waals surface area contributed by atoms with Crippen molar-refractivity contribution in [1.29, 1.82) is 0 Å². The number of ether oxygens (including phenoxy) is 1. The lowest BCUT2D eigenvalue weighted by Gasteiger charge is -2.17. The van der Waals surface area contributed by atoms with Crippen LogP contribution in [0.4, 0.5) is 13.2 Å². The van der Waals surface area contributed by atoms with Crippen molar-refractivity contribution in [2.75, 3.05) is 0 Å². The first kappa shape index (κ1) is 17.6. The molecule has 9 heteroatoms. The Morgan fingerprint density at radius 1 is 1.25 bits per heavy atom. The van der Waals surface area contributed by atoms with Gasteiger partial charge in [0, 0.05) is 17.0 Å². The Kier molecular flexibility index (Phi) is 4.72. The molecular weight excluding hydrogens is 329 g/mol. The second-order valence-electron chi connectivity index (χ2n) is 5.51. The molecule has 6 nitrogen and oxygen atoms in total. The SMILES string of the molecule is CC(C)[C@@H](NC(=O)c1cc2ccc(OC(F)(F)F)cc2[nH]1)C(=O)O. The number of carboxylic acid groups (broad SMARTS) is 1. The molecule has 0 spiro atoms. The van der Waals surface area contributed by atoms with Crippen molar-refractivity contribution in [2.45, 2.75) is 26.3 Å². The molecule has 0 saturated carbocycles. The van der Waals surface area contributed by atoms with Crippen LogP contribution in [0, 0.1) is 5.92 Å². The summed E-state index contributed by atoms with van der Waals surface area (Å²) in [6.45, 7) is 3.29. The average Bonchev–Trinajstić information content (AvgIpc) is 2.85. The Morgan fingerprint density at radius 2 is 1.92 bits per heavy atom. The van der Waals surface area contributed by atoms with Gasteiger partial charge in [-0.15, -0.1) is 13.2 Å². The molecule has 3 N–H and O–H groups in total. The molecule has 0 unspecified atom stereocenters. The third-order valence-corrected chi connectivity index (χ3v) is 3.29. The quantitative estimate of drug-likeness (QED) is 0.778. The number of H-pyrrole nitrogens is 1. The maximum Gasteiger partial charge on any atom is 0.573 e. The summed E-state index contributed by atoms with van der Waals surface area (Å²) in [5.74, 6) is -2.59. The largest absolute Gasteiger partial charge is 0.573 e. The van der Waals surface area contributed by atoms with Gasteiger partial charge in [0.2, 0.25) is 0 Å². The highest BCUT2D eigenvalue weighted by Gasteiger charge is 2.31. The van der Waals surface area contributed by atoms with Crippen LogP contribution in [0.5, 0.6) is 5.75 Å². The van der Waals surface area contributed by atoms with Crippen LogP contribution in [-0.4, -0.2) is 34.4 Å². The smallest absolute Gasteiger partial charge is 0.480 e. The molecule has 0 bridgehead atoms. The summed E-state index contributed by atoms with van der Waals surface area (Å²) < 4.78 is 40.5. The lowest BCUT2D eigenvalue weighted by atomic mass is 10.0. The molecule has 0 aliphatic rings. The minimum Gasteiger partial charge on any atom is -0.480 e. The van der Waals surface area contributed by atoms with E-state index in [1.807, 2.05) is 0 Å². The van der Waals surface area contributed by atoms with Crippen LogP contribution in [0.3, 0.4) is 0 Å². The number of alkyl halides is 3. The van der Waals surface area contributed by atoms with E-state index in [-0.39, 0.29) is 17.1 Å². The normalized spacial score (nSPS) is 13.1. The van der Waals surface area contributed by atoms with E-state index >= 15 is 0 Å². The number of rotatable bonds is 5. The van der Waals surface area contributed by atoms with E-state index in [4.69, 9.17) is 5.11 Å². The molecule has 0 radical (unpaired) electrons. The van der Waals surface area contributed by atoms with E-state index in [0.29, 0.717) is 5.39 Å². The second-order valence-corrected chi connectivity index (χ2v) is 5.51. The molecule has 2 aromatic rings. The first-order valence-electron chi connectivity index (χ1n) is 6.99. The zero-order chi connectivity index (χ0) is 18.1. The van der Waals surface area contributed by atoms with Crippen molar-refractivity contribution in [1.82, 2.24) is 10.3 Å². The zero-order valence-corrected chi connectivity index (χ0v) is 12.8. The van der Waals surface area contributed by atoms with Crippen molar-refractivity contribution in [3.63, 3.8) is 0 Å². The Labute approximate surface area is 134 Å². The molecule has 130 valence electrons. The summed E-state index contributed by atoms with van der Waals surface area (Å²) in [6, 6.07) is 3.94. The number of nitrogens with one attached hydrogen (secondary N) is 2. The summed E-state index contributed by atoms with van der Waals surface area (Å²) in [5.41, 5.74) is 0.305. The predicted molar refractivity (Wildman–Crippen MR) is 78.7 cm³/mol. The molecule has 0 aliphatic heterocycles. The van der Waals surface area contributed by atoms with Gasteiger partial charge in [0.25, 0.3) is 5.91 Å². The Hall–Kier alpha value is -2.71. The summed E-state index contributed by atoms with van der Waals surface area (Å²) in [4.78, 5) is 25.9. The molecule has 0 fully saturated rings. The number of aromatic amines is 1. The van der Waals surface area contributed by atoms with Crippen molar-refractivity contribution in [3.05, 3.63) is 30.0 Å². The van der Waals surface area contributed by atoms with Gasteiger partial charge in [-0.05, 0) is 24.1 Å². The number of carbonyl (C=O) groups is 2. The lowest BCUT2D eigenvalue weighted by Crippen LogP contribution is -2.44. The molecule has 1 aromatic carbocycles. The molecule has 1 atom stereocenters. The molecular formula is C15H15F3N2O4. The van der Waals surface area contributed by atoms with Crippen molar-refractivity contribution in [3.8, 4) is 5.75 Å². The van der Waals surface area contributed by atoms with Crippen LogP contribution in [0.1, 0.15) is 24.3 Å². The van der Waals surface area contributed by atoms with E-state index in [2.05, 4.69) is 15.0 Å². The minimum absolute atomic E-state index is 0.0426. The number of carboxylic acids is 1. The number of amides is 1. The number of carbonyl (C=O) groups excluding carboxylic acids is 1. The van der Waals surface area contributed by atoms with Gasteiger partial charge < -0.3 is 20.1 Å². The fraction of sp³-hybridized carbons (Fsp3) is 0.333. The van der Waals surface area contributed by atoms with Crippen molar-refractivity contribution < 1.29 is 32.6 Å². The van der Waals surface area contributed by atoms with E-state index in [1.54, 1.807) is 13.8 Å². The van der Waals surface area contributed by atoms with Gasteiger partial charge >= 0.3 is 12.3 Å². The van der Waals surface area contributed by atoms with Gasteiger partial charge in [0.05, 0.1) is 0 Å². The second kappa shape index (κ2) is 6.42. The average molecular weight is 344 g/mol.